The van der Waals surface area contributed by atoms with Crippen molar-refractivity contribution in [3.63, 3.8) is 0 Å². The Labute approximate surface area is 164 Å². The molecule has 1 saturated heterocycles. The van der Waals surface area contributed by atoms with Crippen molar-refractivity contribution in [2.75, 3.05) is 13.1 Å². The maximum Gasteiger partial charge on any atom is 0.255 e. The summed E-state index contributed by atoms with van der Waals surface area (Å²) < 4.78 is 19.3. The lowest BCUT2D eigenvalue weighted by molar-refractivity contribution is 0.0694. The Bertz CT molecular complexity index is 958. The van der Waals surface area contributed by atoms with E-state index in [2.05, 4.69) is 26.1 Å². The number of carbonyl (C=O) groups excluding carboxylic acids is 1. The van der Waals surface area contributed by atoms with Gasteiger partial charge in [-0.3, -0.25) is 4.79 Å². The second-order valence-corrected chi connectivity index (χ2v) is 7.39. The van der Waals surface area contributed by atoms with Gasteiger partial charge in [-0.2, -0.15) is 4.98 Å². The molecule has 0 saturated carbocycles. The van der Waals surface area contributed by atoms with Crippen molar-refractivity contribution in [2.45, 2.75) is 18.8 Å². The van der Waals surface area contributed by atoms with Gasteiger partial charge >= 0.3 is 0 Å². The third-order valence-electron chi connectivity index (χ3n) is 4.71. The van der Waals surface area contributed by atoms with Crippen LogP contribution in [0.2, 0.25) is 0 Å². The molecule has 27 heavy (non-hydrogen) atoms. The third-order valence-corrected chi connectivity index (χ3v) is 5.40. The highest BCUT2D eigenvalue weighted by Gasteiger charge is 2.29. The molecule has 0 bridgehead atoms. The topological polar surface area (TPSA) is 59.2 Å². The SMILES string of the molecule is O=C(c1ccccc1Br)N1CCCC(c2nc(-c3ccc(F)cc3)no2)C1. The molecule has 0 radical (unpaired) electrons. The molecule has 5 nitrogen and oxygen atoms in total. The molecule has 0 N–H and O–H groups in total. The normalized spacial score (nSPS) is 17.1. The minimum atomic E-state index is -0.309. The van der Waals surface area contributed by atoms with Crippen LogP contribution in [-0.4, -0.2) is 34.0 Å². The van der Waals surface area contributed by atoms with Gasteiger partial charge < -0.3 is 9.42 Å². The molecule has 1 fully saturated rings. The average Bonchev–Trinajstić information content (AvgIpc) is 3.19. The molecule has 1 aliphatic heterocycles. The lowest BCUT2D eigenvalue weighted by atomic mass is 9.97. The van der Waals surface area contributed by atoms with Crippen molar-refractivity contribution in [1.82, 2.24) is 15.0 Å². The molecule has 0 spiro atoms. The first kappa shape index (κ1) is 17.9. The van der Waals surface area contributed by atoms with E-state index < -0.39 is 0 Å². The van der Waals surface area contributed by atoms with Crippen LogP contribution in [-0.2, 0) is 0 Å². The molecular weight excluding hydrogens is 413 g/mol. The van der Waals surface area contributed by atoms with E-state index in [4.69, 9.17) is 4.52 Å². The van der Waals surface area contributed by atoms with E-state index >= 15 is 0 Å². The van der Waals surface area contributed by atoms with Crippen molar-refractivity contribution in [3.8, 4) is 11.4 Å². The number of nitrogens with zero attached hydrogens (tertiary/aromatic N) is 3. The first-order valence-corrected chi connectivity index (χ1v) is 9.54. The quantitative estimate of drug-likeness (QED) is 0.607. The number of halogens is 2. The Hall–Kier alpha value is -2.54. The van der Waals surface area contributed by atoms with Crippen LogP contribution >= 0.6 is 15.9 Å². The number of amides is 1. The summed E-state index contributed by atoms with van der Waals surface area (Å²) in [6.07, 6.45) is 1.75. The average molecular weight is 430 g/mol. The van der Waals surface area contributed by atoms with Crippen LogP contribution in [0.15, 0.2) is 57.5 Å². The number of hydrogen-bond acceptors (Lipinski definition) is 4. The van der Waals surface area contributed by atoms with Gasteiger partial charge in [0, 0.05) is 23.1 Å². The van der Waals surface area contributed by atoms with Crippen molar-refractivity contribution in [2.24, 2.45) is 0 Å². The molecule has 1 aliphatic rings. The minimum Gasteiger partial charge on any atom is -0.339 e. The summed E-state index contributed by atoms with van der Waals surface area (Å²) in [7, 11) is 0. The molecule has 2 aromatic carbocycles. The summed E-state index contributed by atoms with van der Waals surface area (Å²) in [6.45, 7) is 1.24. The highest BCUT2D eigenvalue weighted by atomic mass is 79.9. The maximum atomic E-state index is 13.1. The lowest BCUT2D eigenvalue weighted by Crippen LogP contribution is -2.39. The van der Waals surface area contributed by atoms with Crippen LogP contribution in [0, 0.1) is 5.82 Å². The van der Waals surface area contributed by atoms with Crippen LogP contribution < -0.4 is 0 Å². The molecule has 0 aliphatic carbocycles. The lowest BCUT2D eigenvalue weighted by Gasteiger charge is -2.31. The Morgan fingerprint density at radius 3 is 2.74 bits per heavy atom. The van der Waals surface area contributed by atoms with Crippen LogP contribution in [0.4, 0.5) is 4.39 Å². The van der Waals surface area contributed by atoms with Gasteiger partial charge in [-0.25, -0.2) is 4.39 Å². The number of piperidine rings is 1. The van der Waals surface area contributed by atoms with Gasteiger partial charge in [0.05, 0.1) is 11.5 Å². The zero-order chi connectivity index (χ0) is 18.8. The number of carbonyl (C=O) groups is 1. The first-order valence-electron chi connectivity index (χ1n) is 8.75. The molecule has 3 aromatic rings. The number of likely N-dealkylation sites (tertiary alicyclic amines) is 1. The van der Waals surface area contributed by atoms with Crippen LogP contribution in [0.1, 0.15) is 35.0 Å². The monoisotopic (exact) mass is 429 g/mol. The highest BCUT2D eigenvalue weighted by molar-refractivity contribution is 9.10. The van der Waals surface area contributed by atoms with Gasteiger partial charge in [-0.15, -0.1) is 0 Å². The van der Waals surface area contributed by atoms with Crippen molar-refractivity contribution >= 4 is 21.8 Å². The summed E-state index contributed by atoms with van der Waals surface area (Å²) in [5, 5.41) is 4.01. The van der Waals surface area contributed by atoms with E-state index in [0.29, 0.717) is 35.9 Å². The fourth-order valence-corrected chi connectivity index (χ4v) is 3.74. The van der Waals surface area contributed by atoms with Crippen LogP contribution in [0.25, 0.3) is 11.4 Å². The van der Waals surface area contributed by atoms with Gasteiger partial charge in [0.25, 0.3) is 5.91 Å². The number of hydrogen-bond donors (Lipinski definition) is 0. The molecule has 2 heterocycles. The molecule has 138 valence electrons. The Morgan fingerprint density at radius 1 is 1.19 bits per heavy atom. The summed E-state index contributed by atoms with van der Waals surface area (Å²) in [4.78, 5) is 19.1. The van der Waals surface area contributed by atoms with Crippen molar-refractivity contribution < 1.29 is 13.7 Å². The molecule has 1 unspecified atom stereocenters. The first-order chi connectivity index (χ1) is 13.1. The number of benzene rings is 2. The maximum absolute atomic E-state index is 13.1. The summed E-state index contributed by atoms with van der Waals surface area (Å²) >= 11 is 3.44. The summed E-state index contributed by atoms with van der Waals surface area (Å²) in [5.74, 6) is 0.617. The van der Waals surface area contributed by atoms with Gasteiger partial charge in [-0.05, 0) is 65.2 Å². The van der Waals surface area contributed by atoms with E-state index in [-0.39, 0.29) is 17.6 Å². The fraction of sp³-hybridized carbons (Fsp3) is 0.250. The molecule has 4 rings (SSSR count). The number of aromatic nitrogens is 2. The van der Waals surface area contributed by atoms with Gasteiger partial charge in [0.1, 0.15) is 5.82 Å². The Kier molecular flexibility index (Phi) is 5.03. The second kappa shape index (κ2) is 7.60. The van der Waals surface area contributed by atoms with E-state index in [1.54, 1.807) is 12.1 Å². The third kappa shape index (κ3) is 3.78. The van der Waals surface area contributed by atoms with Crippen molar-refractivity contribution in [1.29, 1.82) is 0 Å². The Morgan fingerprint density at radius 2 is 1.96 bits per heavy atom. The predicted octanol–water partition coefficient (Wildman–Crippen LogP) is 4.66. The van der Waals surface area contributed by atoms with Gasteiger partial charge in [0.15, 0.2) is 0 Å². The summed E-state index contributed by atoms with van der Waals surface area (Å²) in [5.41, 5.74) is 1.35. The zero-order valence-electron chi connectivity index (χ0n) is 14.4. The van der Waals surface area contributed by atoms with E-state index in [1.807, 2.05) is 29.2 Å². The van der Waals surface area contributed by atoms with Crippen LogP contribution in [0.5, 0.6) is 0 Å². The van der Waals surface area contributed by atoms with Gasteiger partial charge in [0.2, 0.25) is 11.7 Å². The van der Waals surface area contributed by atoms with Gasteiger partial charge in [-0.1, -0.05) is 17.3 Å². The largest absolute Gasteiger partial charge is 0.339 e. The van der Waals surface area contributed by atoms with Crippen molar-refractivity contribution in [3.05, 3.63) is 70.3 Å². The molecule has 7 heteroatoms. The second-order valence-electron chi connectivity index (χ2n) is 6.53. The Balaban J connectivity index is 1.51. The minimum absolute atomic E-state index is 0.00751. The van der Waals surface area contributed by atoms with E-state index in [9.17, 15) is 9.18 Å². The van der Waals surface area contributed by atoms with Crippen LogP contribution in [0.3, 0.4) is 0 Å². The molecule has 1 amide bonds. The van der Waals surface area contributed by atoms with E-state index in [1.165, 1.54) is 12.1 Å². The zero-order valence-corrected chi connectivity index (χ0v) is 16.0. The molecular formula is C20H17BrFN3O2. The molecule has 1 aromatic heterocycles. The molecule has 1 atom stereocenters. The predicted molar refractivity (Wildman–Crippen MR) is 102 cm³/mol. The number of rotatable bonds is 3. The smallest absolute Gasteiger partial charge is 0.255 e. The standard InChI is InChI=1S/C20H17BrFN3O2/c21-17-6-2-1-5-16(17)20(26)25-11-3-4-14(12-25)19-23-18(24-27-19)13-7-9-15(22)10-8-13/h1-2,5-10,14H,3-4,11-12H2. The summed E-state index contributed by atoms with van der Waals surface area (Å²) in [6, 6.07) is 13.4. The fourth-order valence-electron chi connectivity index (χ4n) is 3.29. The van der Waals surface area contributed by atoms with E-state index in [0.717, 1.165) is 17.3 Å². The highest BCUT2D eigenvalue weighted by Crippen LogP contribution is 2.29.